The molecule has 2 heterocycles. The molecule has 2 saturated heterocycles. The van der Waals surface area contributed by atoms with Gasteiger partial charge in [0.25, 0.3) is 0 Å². The van der Waals surface area contributed by atoms with Crippen LogP contribution in [-0.4, -0.2) is 42.8 Å². The first-order chi connectivity index (χ1) is 10.0. The summed E-state index contributed by atoms with van der Waals surface area (Å²) in [6.07, 6.45) is 7.94. The van der Waals surface area contributed by atoms with Crippen LogP contribution in [0.1, 0.15) is 66.2 Å². The predicted molar refractivity (Wildman–Crippen MR) is 89.4 cm³/mol. The average Bonchev–Trinajstić information content (AvgIpc) is 2.55. The van der Waals surface area contributed by atoms with Gasteiger partial charge in [0.2, 0.25) is 0 Å². The summed E-state index contributed by atoms with van der Waals surface area (Å²) in [6.45, 7) is 13.4. The molecule has 2 aliphatic heterocycles. The van der Waals surface area contributed by atoms with E-state index in [1.54, 1.807) is 0 Å². The minimum absolute atomic E-state index is 0.195. The maximum absolute atomic E-state index is 6.27. The maximum atomic E-state index is 6.27. The van der Waals surface area contributed by atoms with Crippen LogP contribution in [0.2, 0.25) is 0 Å². The van der Waals surface area contributed by atoms with Gasteiger partial charge in [-0.25, -0.2) is 0 Å². The van der Waals surface area contributed by atoms with E-state index in [2.05, 4.69) is 32.6 Å². The molecule has 124 valence electrons. The van der Waals surface area contributed by atoms with Crippen LogP contribution in [0.15, 0.2) is 0 Å². The van der Waals surface area contributed by atoms with Crippen molar-refractivity contribution in [3.63, 3.8) is 0 Å². The second-order valence-electron chi connectivity index (χ2n) is 7.73. The third kappa shape index (κ3) is 3.46. The molecule has 0 amide bonds. The van der Waals surface area contributed by atoms with E-state index in [1.807, 2.05) is 0 Å². The molecule has 2 atom stereocenters. The summed E-state index contributed by atoms with van der Waals surface area (Å²) in [5.41, 5.74) is 7.05. The first-order valence-corrected chi connectivity index (χ1v) is 9.07. The minimum Gasteiger partial charge on any atom is -0.378 e. The van der Waals surface area contributed by atoms with Gasteiger partial charge in [-0.3, -0.25) is 4.90 Å². The monoisotopic (exact) mass is 296 g/mol. The second kappa shape index (κ2) is 6.97. The van der Waals surface area contributed by atoms with E-state index in [0.717, 1.165) is 26.0 Å². The van der Waals surface area contributed by atoms with Crippen LogP contribution < -0.4 is 5.73 Å². The summed E-state index contributed by atoms with van der Waals surface area (Å²) in [5.74, 6) is 0.589. The summed E-state index contributed by atoms with van der Waals surface area (Å²) >= 11 is 0. The van der Waals surface area contributed by atoms with Crippen molar-refractivity contribution in [1.82, 2.24) is 4.90 Å². The Labute approximate surface area is 131 Å². The van der Waals surface area contributed by atoms with Crippen molar-refractivity contribution in [2.24, 2.45) is 17.1 Å². The van der Waals surface area contributed by atoms with Crippen molar-refractivity contribution in [2.75, 3.05) is 26.2 Å². The van der Waals surface area contributed by atoms with Gasteiger partial charge in [-0.05, 0) is 50.1 Å². The van der Waals surface area contributed by atoms with Gasteiger partial charge < -0.3 is 10.5 Å². The van der Waals surface area contributed by atoms with E-state index in [0.29, 0.717) is 17.4 Å². The fraction of sp³-hybridized carbons (Fsp3) is 1.00. The minimum atomic E-state index is 0.195. The zero-order valence-electron chi connectivity index (χ0n) is 14.7. The van der Waals surface area contributed by atoms with E-state index in [4.69, 9.17) is 10.5 Å². The molecule has 0 aromatic carbocycles. The number of nitrogens with two attached hydrogens (primary N) is 1. The van der Waals surface area contributed by atoms with Gasteiger partial charge in [0.05, 0.1) is 6.10 Å². The lowest BCUT2D eigenvalue weighted by atomic mass is 9.72. The normalized spacial score (nSPS) is 34.3. The average molecular weight is 296 g/mol. The maximum Gasteiger partial charge on any atom is 0.0616 e. The molecule has 2 unspecified atom stereocenters. The van der Waals surface area contributed by atoms with Crippen molar-refractivity contribution in [2.45, 2.75) is 77.9 Å². The molecule has 0 aromatic rings. The van der Waals surface area contributed by atoms with Gasteiger partial charge in [0.1, 0.15) is 0 Å². The first-order valence-electron chi connectivity index (χ1n) is 9.07. The summed E-state index contributed by atoms with van der Waals surface area (Å²) < 4.78 is 5.99. The van der Waals surface area contributed by atoms with Crippen LogP contribution in [0.5, 0.6) is 0 Å². The zero-order valence-corrected chi connectivity index (χ0v) is 14.7. The molecule has 3 heteroatoms. The van der Waals surface area contributed by atoms with E-state index in [-0.39, 0.29) is 5.54 Å². The Morgan fingerprint density at radius 1 is 1.14 bits per heavy atom. The van der Waals surface area contributed by atoms with E-state index < -0.39 is 0 Å². The summed E-state index contributed by atoms with van der Waals surface area (Å²) in [4.78, 5) is 2.72. The fourth-order valence-corrected chi connectivity index (χ4v) is 4.38. The topological polar surface area (TPSA) is 38.5 Å². The van der Waals surface area contributed by atoms with Crippen LogP contribution in [0.4, 0.5) is 0 Å². The molecule has 0 bridgehead atoms. The molecule has 0 saturated carbocycles. The van der Waals surface area contributed by atoms with Crippen LogP contribution in [-0.2, 0) is 4.74 Å². The van der Waals surface area contributed by atoms with Crippen LogP contribution in [0, 0.1) is 11.3 Å². The quantitative estimate of drug-likeness (QED) is 0.845. The van der Waals surface area contributed by atoms with Crippen molar-refractivity contribution in [1.29, 1.82) is 0 Å². The number of hydrogen-bond donors (Lipinski definition) is 1. The van der Waals surface area contributed by atoms with Crippen LogP contribution in [0.3, 0.4) is 0 Å². The Morgan fingerprint density at radius 3 is 2.24 bits per heavy atom. The molecule has 0 aromatic heterocycles. The molecule has 2 N–H and O–H groups in total. The molecule has 2 fully saturated rings. The number of likely N-dealkylation sites (tertiary alicyclic amines) is 1. The lowest BCUT2D eigenvalue weighted by Crippen LogP contribution is -2.61. The third-order valence-corrected chi connectivity index (χ3v) is 6.60. The molecular weight excluding hydrogens is 260 g/mol. The zero-order chi connectivity index (χ0) is 15.5. The molecule has 0 aliphatic carbocycles. The van der Waals surface area contributed by atoms with E-state index >= 15 is 0 Å². The van der Waals surface area contributed by atoms with Gasteiger partial charge in [-0.15, -0.1) is 0 Å². The van der Waals surface area contributed by atoms with Gasteiger partial charge in [0, 0.05) is 18.7 Å². The number of ether oxygens (including phenoxy) is 1. The Kier molecular flexibility index (Phi) is 5.72. The highest BCUT2D eigenvalue weighted by molar-refractivity contribution is 4.99. The van der Waals surface area contributed by atoms with Crippen LogP contribution in [0.25, 0.3) is 0 Å². The standard InChI is InChI=1S/C18H36N2O/c1-5-17(6-2)7-10-20(11-8-17)18(14-19)9-12-21-16(13-18)15(3)4/h15-16H,5-14,19H2,1-4H3. The van der Waals surface area contributed by atoms with Crippen LogP contribution >= 0.6 is 0 Å². The van der Waals surface area contributed by atoms with Gasteiger partial charge in [-0.2, -0.15) is 0 Å². The number of nitrogens with zero attached hydrogens (tertiary/aromatic N) is 1. The van der Waals surface area contributed by atoms with Crippen molar-refractivity contribution in [3.05, 3.63) is 0 Å². The van der Waals surface area contributed by atoms with Gasteiger partial charge >= 0.3 is 0 Å². The Morgan fingerprint density at radius 2 is 1.76 bits per heavy atom. The van der Waals surface area contributed by atoms with Crippen molar-refractivity contribution in [3.8, 4) is 0 Å². The van der Waals surface area contributed by atoms with Crippen molar-refractivity contribution >= 4 is 0 Å². The SMILES string of the molecule is CCC1(CC)CCN(C2(CN)CCOC(C(C)C)C2)CC1. The van der Waals surface area contributed by atoms with Gasteiger partial charge in [-0.1, -0.05) is 40.5 Å². The largest absolute Gasteiger partial charge is 0.378 e. The molecule has 0 spiro atoms. The third-order valence-electron chi connectivity index (χ3n) is 6.60. The molecular formula is C18H36N2O. The predicted octanol–water partition coefficient (Wildman–Crippen LogP) is 3.42. The number of hydrogen-bond acceptors (Lipinski definition) is 3. The lowest BCUT2D eigenvalue weighted by molar-refractivity contribution is -0.0999. The van der Waals surface area contributed by atoms with Crippen molar-refractivity contribution < 1.29 is 4.74 Å². The highest BCUT2D eigenvalue weighted by atomic mass is 16.5. The molecule has 0 radical (unpaired) electrons. The van der Waals surface area contributed by atoms with E-state index in [9.17, 15) is 0 Å². The highest BCUT2D eigenvalue weighted by Gasteiger charge is 2.44. The summed E-state index contributed by atoms with van der Waals surface area (Å²) in [7, 11) is 0. The highest BCUT2D eigenvalue weighted by Crippen LogP contribution is 2.42. The fourth-order valence-electron chi connectivity index (χ4n) is 4.38. The summed E-state index contributed by atoms with van der Waals surface area (Å²) in [5, 5.41) is 0. The molecule has 2 rings (SSSR count). The summed E-state index contributed by atoms with van der Waals surface area (Å²) in [6, 6.07) is 0. The van der Waals surface area contributed by atoms with E-state index in [1.165, 1.54) is 38.8 Å². The Hall–Kier alpha value is -0.120. The second-order valence-corrected chi connectivity index (χ2v) is 7.73. The molecule has 3 nitrogen and oxygen atoms in total. The lowest BCUT2D eigenvalue weighted by Gasteiger charge is -2.53. The Balaban J connectivity index is 2.05. The molecule has 21 heavy (non-hydrogen) atoms. The van der Waals surface area contributed by atoms with Gasteiger partial charge in [0.15, 0.2) is 0 Å². The number of piperidine rings is 1. The number of rotatable bonds is 5. The Bertz CT molecular complexity index is 317. The molecule has 2 aliphatic rings. The smallest absolute Gasteiger partial charge is 0.0616 e. The first kappa shape index (κ1) is 17.2.